The van der Waals surface area contributed by atoms with Crippen molar-refractivity contribution < 1.29 is 14.7 Å². The van der Waals surface area contributed by atoms with Gasteiger partial charge in [-0.05, 0) is 19.3 Å². The Bertz CT molecular complexity index is 483. The third-order valence-corrected chi connectivity index (χ3v) is 3.29. The largest absolute Gasteiger partial charge is 0.480 e. The molecule has 1 aliphatic heterocycles. The summed E-state index contributed by atoms with van der Waals surface area (Å²) in [5.41, 5.74) is 0. The number of carbonyl (C=O) groups excluding carboxylic acids is 1. The molecule has 0 radical (unpaired) electrons. The van der Waals surface area contributed by atoms with Crippen LogP contribution >= 0.6 is 0 Å². The predicted octanol–water partition coefficient (Wildman–Crippen LogP) is 1.01. The molecule has 1 aromatic heterocycles. The maximum atomic E-state index is 12.3. The lowest BCUT2D eigenvalue weighted by Crippen LogP contribution is -2.48. The van der Waals surface area contributed by atoms with Gasteiger partial charge in [-0.25, -0.2) is 9.78 Å². The monoisotopic (exact) mass is 266 g/mol. The second-order valence-corrected chi connectivity index (χ2v) is 5.05. The van der Waals surface area contributed by atoms with Crippen molar-refractivity contribution in [2.75, 3.05) is 6.54 Å². The Morgan fingerprint density at radius 1 is 1.42 bits per heavy atom. The maximum absolute atomic E-state index is 12.3. The van der Waals surface area contributed by atoms with Crippen LogP contribution in [-0.4, -0.2) is 49.7 Å². The number of aromatic amines is 1. The van der Waals surface area contributed by atoms with E-state index in [0.717, 1.165) is 12.8 Å². The van der Waals surface area contributed by atoms with Gasteiger partial charge in [0.1, 0.15) is 11.9 Å². The van der Waals surface area contributed by atoms with Gasteiger partial charge in [-0.15, -0.1) is 5.10 Å². The van der Waals surface area contributed by atoms with Crippen molar-refractivity contribution in [2.45, 2.75) is 45.1 Å². The van der Waals surface area contributed by atoms with Crippen LogP contribution in [0.15, 0.2) is 0 Å². The van der Waals surface area contributed by atoms with E-state index in [2.05, 4.69) is 15.2 Å². The second kappa shape index (κ2) is 5.38. The summed E-state index contributed by atoms with van der Waals surface area (Å²) in [7, 11) is 0. The maximum Gasteiger partial charge on any atom is 0.326 e. The first kappa shape index (κ1) is 13.5. The van der Waals surface area contributed by atoms with Crippen LogP contribution in [0.3, 0.4) is 0 Å². The normalized spacial score (nSPS) is 19.7. The number of carboxylic acids is 1. The van der Waals surface area contributed by atoms with Gasteiger partial charge in [-0.1, -0.05) is 13.8 Å². The minimum absolute atomic E-state index is 0.0526. The highest BCUT2D eigenvalue weighted by atomic mass is 16.4. The molecule has 1 aliphatic rings. The van der Waals surface area contributed by atoms with Crippen LogP contribution < -0.4 is 0 Å². The fraction of sp³-hybridized carbons (Fsp3) is 0.667. The lowest BCUT2D eigenvalue weighted by Gasteiger charge is -2.31. The number of nitrogens with one attached hydrogen (secondary N) is 1. The van der Waals surface area contributed by atoms with E-state index in [1.165, 1.54) is 4.90 Å². The van der Waals surface area contributed by atoms with Gasteiger partial charge in [0.05, 0.1) is 0 Å². The number of rotatable bonds is 3. The van der Waals surface area contributed by atoms with E-state index in [1.807, 2.05) is 13.8 Å². The average Bonchev–Trinajstić information content (AvgIpc) is 2.87. The third kappa shape index (κ3) is 2.74. The van der Waals surface area contributed by atoms with Crippen molar-refractivity contribution in [2.24, 2.45) is 0 Å². The van der Waals surface area contributed by atoms with E-state index in [0.29, 0.717) is 18.8 Å². The molecular weight excluding hydrogens is 248 g/mol. The summed E-state index contributed by atoms with van der Waals surface area (Å²) in [6.45, 7) is 4.33. The number of amides is 1. The molecule has 0 saturated carbocycles. The van der Waals surface area contributed by atoms with Crippen molar-refractivity contribution in [3.63, 3.8) is 0 Å². The molecule has 2 heterocycles. The Balaban J connectivity index is 2.18. The van der Waals surface area contributed by atoms with Crippen LogP contribution in [0.5, 0.6) is 0 Å². The lowest BCUT2D eigenvalue weighted by atomic mass is 10.0. The van der Waals surface area contributed by atoms with E-state index < -0.39 is 17.9 Å². The van der Waals surface area contributed by atoms with Crippen LogP contribution in [0.25, 0.3) is 0 Å². The summed E-state index contributed by atoms with van der Waals surface area (Å²) in [4.78, 5) is 28.9. The zero-order chi connectivity index (χ0) is 14.0. The fourth-order valence-corrected chi connectivity index (χ4v) is 2.19. The molecule has 2 rings (SSSR count). The first-order valence-electron chi connectivity index (χ1n) is 6.46. The van der Waals surface area contributed by atoms with E-state index in [9.17, 15) is 9.59 Å². The summed E-state index contributed by atoms with van der Waals surface area (Å²) in [5.74, 6) is -0.544. The van der Waals surface area contributed by atoms with Crippen molar-refractivity contribution in [1.29, 1.82) is 0 Å². The number of aliphatic carboxylic acids is 1. The van der Waals surface area contributed by atoms with Gasteiger partial charge in [0.25, 0.3) is 5.91 Å². The molecular formula is C12H18N4O3. The van der Waals surface area contributed by atoms with Crippen LogP contribution in [0, 0.1) is 0 Å². The molecule has 0 unspecified atom stereocenters. The number of carbonyl (C=O) groups is 2. The highest BCUT2D eigenvalue weighted by Crippen LogP contribution is 2.19. The molecule has 2 N–H and O–H groups in total. The van der Waals surface area contributed by atoms with Crippen molar-refractivity contribution in [1.82, 2.24) is 20.1 Å². The Morgan fingerprint density at radius 2 is 2.16 bits per heavy atom. The highest BCUT2D eigenvalue weighted by Gasteiger charge is 2.34. The molecule has 0 aliphatic carbocycles. The summed E-state index contributed by atoms with van der Waals surface area (Å²) in [6.07, 6.45) is 2.13. The molecule has 104 valence electrons. The van der Waals surface area contributed by atoms with Gasteiger partial charge in [-0.3, -0.25) is 9.89 Å². The van der Waals surface area contributed by atoms with E-state index >= 15 is 0 Å². The molecule has 1 saturated heterocycles. The SMILES string of the molecule is CC(C)c1nc(C(=O)N2CCCC[C@H]2C(=O)O)n[nH]1. The first-order valence-corrected chi connectivity index (χ1v) is 6.46. The number of piperidine rings is 1. The van der Waals surface area contributed by atoms with Crippen molar-refractivity contribution in [3.05, 3.63) is 11.6 Å². The third-order valence-electron chi connectivity index (χ3n) is 3.29. The minimum Gasteiger partial charge on any atom is -0.480 e. The fourth-order valence-electron chi connectivity index (χ4n) is 2.19. The topological polar surface area (TPSA) is 99.2 Å². The van der Waals surface area contributed by atoms with Crippen LogP contribution in [-0.2, 0) is 4.79 Å². The lowest BCUT2D eigenvalue weighted by molar-refractivity contribution is -0.143. The minimum atomic E-state index is -0.965. The van der Waals surface area contributed by atoms with Crippen LogP contribution in [0.4, 0.5) is 0 Å². The van der Waals surface area contributed by atoms with Crippen molar-refractivity contribution in [3.8, 4) is 0 Å². The average molecular weight is 266 g/mol. The number of hydrogen-bond acceptors (Lipinski definition) is 4. The van der Waals surface area contributed by atoms with Gasteiger partial charge >= 0.3 is 5.97 Å². The zero-order valence-corrected chi connectivity index (χ0v) is 11.1. The zero-order valence-electron chi connectivity index (χ0n) is 11.1. The van der Waals surface area contributed by atoms with Gasteiger partial charge in [0.15, 0.2) is 0 Å². The van der Waals surface area contributed by atoms with Crippen LogP contribution in [0.1, 0.15) is 55.5 Å². The molecule has 1 aromatic rings. The molecule has 0 spiro atoms. The van der Waals surface area contributed by atoms with E-state index in [-0.39, 0.29) is 11.7 Å². The standard InChI is InChI=1S/C12H18N4O3/c1-7(2)9-13-10(15-14-9)11(17)16-6-4-3-5-8(16)12(18)19/h7-8H,3-6H2,1-2H3,(H,18,19)(H,13,14,15)/t8-/m0/s1. The Morgan fingerprint density at radius 3 is 2.74 bits per heavy atom. The Hall–Kier alpha value is -1.92. The number of hydrogen-bond donors (Lipinski definition) is 2. The number of carboxylic acid groups (broad SMARTS) is 1. The molecule has 7 heteroatoms. The van der Waals surface area contributed by atoms with Gasteiger partial charge in [-0.2, -0.15) is 0 Å². The summed E-state index contributed by atoms with van der Waals surface area (Å²) < 4.78 is 0. The molecule has 1 atom stereocenters. The Kier molecular flexibility index (Phi) is 3.82. The number of aromatic nitrogens is 3. The number of H-pyrrole nitrogens is 1. The summed E-state index contributed by atoms with van der Waals surface area (Å²) in [6, 6.07) is -0.762. The quantitative estimate of drug-likeness (QED) is 0.850. The molecule has 1 fully saturated rings. The molecule has 0 aromatic carbocycles. The molecule has 7 nitrogen and oxygen atoms in total. The second-order valence-electron chi connectivity index (χ2n) is 5.05. The molecule has 0 bridgehead atoms. The van der Waals surface area contributed by atoms with Crippen LogP contribution in [0.2, 0.25) is 0 Å². The Labute approximate surface area is 111 Å². The van der Waals surface area contributed by atoms with E-state index in [1.54, 1.807) is 0 Å². The predicted molar refractivity (Wildman–Crippen MR) is 66.8 cm³/mol. The number of likely N-dealkylation sites (tertiary alicyclic amines) is 1. The van der Waals surface area contributed by atoms with Gasteiger partial charge in [0.2, 0.25) is 5.82 Å². The first-order chi connectivity index (χ1) is 9.00. The smallest absolute Gasteiger partial charge is 0.326 e. The van der Waals surface area contributed by atoms with Crippen molar-refractivity contribution >= 4 is 11.9 Å². The highest BCUT2D eigenvalue weighted by molar-refractivity contribution is 5.93. The summed E-state index contributed by atoms with van der Waals surface area (Å²) >= 11 is 0. The molecule has 19 heavy (non-hydrogen) atoms. The number of nitrogens with zero attached hydrogens (tertiary/aromatic N) is 3. The summed E-state index contributed by atoms with van der Waals surface area (Å²) in [5, 5.41) is 15.8. The van der Waals surface area contributed by atoms with Gasteiger partial charge in [0, 0.05) is 12.5 Å². The molecule has 1 amide bonds. The van der Waals surface area contributed by atoms with Gasteiger partial charge < -0.3 is 10.0 Å². The van der Waals surface area contributed by atoms with E-state index in [4.69, 9.17) is 5.11 Å².